The smallest absolute Gasteiger partial charge is 0.227 e. The molecule has 20 heavy (non-hydrogen) atoms. The molecule has 0 aromatic heterocycles. The van der Waals surface area contributed by atoms with Crippen molar-refractivity contribution in [3.63, 3.8) is 0 Å². The lowest BCUT2D eigenvalue weighted by molar-refractivity contribution is -0.137. The van der Waals surface area contributed by atoms with Gasteiger partial charge in [-0.2, -0.15) is 0 Å². The summed E-state index contributed by atoms with van der Waals surface area (Å²) in [6, 6.07) is 1.74. The van der Waals surface area contributed by atoms with Gasteiger partial charge in [-0.25, -0.2) is 0 Å². The lowest BCUT2D eigenvalue weighted by atomic mass is 9.86. The van der Waals surface area contributed by atoms with Crippen molar-refractivity contribution in [2.45, 2.75) is 82.3 Å². The van der Waals surface area contributed by atoms with E-state index in [9.17, 15) is 4.79 Å². The quantitative estimate of drug-likeness (QED) is 0.856. The second kappa shape index (κ2) is 5.32. The minimum absolute atomic E-state index is 0.304. The number of hydrogen-bond donors (Lipinski definition) is 1. The molecule has 1 amide bonds. The van der Waals surface area contributed by atoms with Crippen molar-refractivity contribution < 1.29 is 4.79 Å². The minimum atomic E-state index is 0.304. The molecule has 2 aliphatic heterocycles. The van der Waals surface area contributed by atoms with Gasteiger partial charge in [-0.05, 0) is 50.9 Å². The average molecular weight is 276 g/mol. The summed E-state index contributed by atoms with van der Waals surface area (Å²) in [6.07, 6.45) is 13.0. The van der Waals surface area contributed by atoms with Crippen LogP contribution in [0, 0.1) is 11.8 Å². The molecule has 2 saturated heterocycles. The zero-order valence-electron chi connectivity index (χ0n) is 12.5. The standard InChI is InChI=1S/C17H28N2O/c20-17(15-10-13-6-9-16(15)18-13)19(14-7-8-14)11-12-4-2-1-3-5-12/h12-16,18H,1-11H2. The van der Waals surface area contributed by atoms with Crippen molar-refractivity contribution in [3.8, 4) is 0 Å². The summed E-state index contributed by atoms with van der Waals surface area (Å²) < 4.78 is 0. The number of nitrogens with zero attached hydrogens (tertiary/aromatic N) is 1. The average Bonchev–Trinajstić information content (AvgIpc) is 3.11. The molecule has 2 aliphatic carbocycles. The Morgan fingerprint density at radius 3 is 2.40 bits per heavy atom. The molecule has 0 radical (unpaired) electrons. The Bertz CT molecular complexity index is 373. The molecule has 3 nitrogen and oxygen atoms in total. The van der Waals surface area contributed by atoms with E-state index in [1.165, 1.54) is 57.8 Å². The van der Waals surface area contributed by atoms with E-state index >= 15 is 0 Å². The number of carbonyl (C=O) groups excluding carboxylic acids is 1. The first-order chi connectivity index (χ1) is 9.81. The summed E-state index contributed by atoms with van der Waals surface area (Å²) in [4.78, 5) is 15.3. The molecule has 0 aromatic rings. The maximum atomic E-state index is 13.0. The third-order valence-electron chi connectivity index (χ3n) is 6.07. The zero-order chi connectivity index (χ0) is 13.5. The van der Waals surface area contributed by atoms with E-state index in [4.69, 9.17) is 0 Å². The third kappa shape index (κ3) is 2.49. The predicted molar refractivity (Wildman–Crippen MR) is 79.4 cm³/mol. The first-order valence-corrected chi connectivity index (χ1v) is 8.88. The minimum Gasteiger partial charge on any atom is -0.339 e. The highest BCUT2D eigenvalue weighted by Crippen LogP contribution is 2.38. The van der Waals surface area contributed by atoms with Gasteiger partial charge in [0.2, 0.25) is 5.91 Å². The Hall–Kier alpha value is -0.570. The van der Waals surface area contributed by atoms with Crippen LogP contribution in [0.3, 0.4) is 0 Å². The second-order valence-corrected chi connectivity index (χ2v) is 7.62. The fourth-order valence-electron chi connectivity index (χ4n) is 4.76. The Balaban J connectivity index is 1.41. The van der Waals surface area contributed by atoms with Gasteiger partial charge in [-0.15, -0.1) is 0 Å². The molecule has 4 fully saturated rings. The van der Waals surface area contributed by atoms with Gasteiger partial charge in [0.1, 0.15) is 0 Å². The van der Waals surface area contributed by atoms with Crippen LogP contribution >= 0.6 is 0 Å². The largest absolute Gasteiger partial charge is 0.339 e. The fraction of sp³-hybridized carbons (Fsp3) is 0.941. The Labute approximate surface area is 122 Å². The highest BCUT2D eigenvalue weighted by molar-refractivity contribution is 5.81. The fourth-order valence-corrected chi connectivity index (χ4v) is 4.76. The maximum absolute atomic E-state index is 13.0. The first-order valence-electron chi connectivity index (χ1n) is 8.88. The van der Waals surface area contributed by atoms with E-state index in [-0.39, 0.29) is 0 Å². The summed E-state index contributed by atoms with van der Waals surface area (Å²) in [5.74, 6) is 1.59. The highest BCUT2D eigenvalue weighted by Gasteiger charge is 2.46. The van der Waals surface area contributed by atoms with Crippen molar-refractivity contribution >= 4 is 5.91 Å². The second-order valence-electron chi connectivity index (χ2n) is 7.62. The summed E-state index contributed by atoms with van der Waals surface area (Å²) in [7, 11) is 0. The molecular weight excluding hydrogens is 248 g/mol. The SMILES string of the molecule is O=C(C1CC2CCC1N2)N(CC1CCCCC1)C1CC1. The van der Waals surface area contributed by atoms with Crippen LogP contribution in [0.1, 0.15) is 64.2 Å². The van der Waals surface area contributed by atoms with E-state index in [0.717, 1.165) is 18.9 Å². The zero-order valence-corrected chi connectivity index (χ0v) is 12.5. The third-order valence-corrected chi connectivity index (χ3v) is 6.07. The normalized spacial score (nSPS) is 37.3. The number of rotatable bonds is 4. The lowest BCUT2D eigenvalue weighted by Gasteiger charge is -2.33. The van der Waals surface area contributed by atoms with Gasteiger partial charge in [0.25, 0.3) is 0 Å². The maximum Gasteiger partial charge on any atom is 0.227 e. The number of carbonyl (C=O) groups is 1. The van der Waals surface area contributed by atoms with Crippen LogP contribution in [0.15, 0.2) is 0 Å². The van der Waals surface area contributed by atoms with Gasteiger partial charge >= 0.3 is 0 Å². The molecule has 4 aliphatic rings. The van der Waals surface area contributed by atoms with E-state index in [2.05, 4.69) is 10.2 Å². The van der Waals surface area contributed by atoms with Crippen LogP contribution in [0.4, 0.5) is 0 Å². The molecular formula is C17H28N2O. The van der Waals surface area contributed by atoms with E-state index in [1.54, 1.807) is 0 Å². The summed E-state index contributed by atoms with van der Waals surface area (Å²) in [5, 5.41) is 3.63. The van der Waals surface area contributed by atoms with Gasteiger partial charge in [0, 0.05) is 24.7 Å². The molecule has 4 rings (SSSR count). The number of nitrogens with one attached hydrogen (secondary N) is 1. The molecule has 112 valence electrons. The van der Waals surface area contributed by atoms with Crippen LogP contribution in [-0.4, -0.2) is 35.5 Å². The van der Waals surface area contributed by atoms with Gasteiger partial charge in [-0.1, -0.05) is 19.3 Å². The van der Waals surface area contributed by atoms with Gasteiger partial charge in [0.05, 0.1) is 5.92 Å². The molecule has 3 atom stereocenters. The molecule has 1 N–H and O–H groups in total. The first kappa shape index (κ1) is 13.1. The van der Waals surface area contributed by atoms with Gasteiger partial charge in [-0.3, -0.25) is 4.79 Å². The molecule has 0 aromatic carbocycles. The molecule has 3 unspecified atom stereocenters. The van der Waals surface area contributed by atoms with Crippen molar-refractivity contribution in [1.82, 2.24) is 10.2 Å². The lowest BCUT2D eigenvalue weighted by Crippen LogP contribution is -2.44. The Kier molecular flexibility index (Phi) is 3.49. The highest BCUT2D eigenvalue weighted by atomic mass is 16.2. The van der Waals surface area contributed by atoms with Crippen LogP contribution in [0.5, 0.6) is 0 Å². The van der Waals surface area contributed by atoms with E-state index in [0.29, 0.717) is 30.0 Å². The van der Waals surface area contributed by atoms with Gasteiger partial charge in [0.15, 0.2) is 0 Å². The number of hydrogen-bond acceptors (Lipinski definition) is 2. The van der Waals surface area contributed by atoms with Crippen LogP contribution in [0.25, 0.3) is 0 Å². The van der Waals surface area contributed by atoms with Crippen LogP contribution in [0.2, 0.25) is 0 Å². The van der Waals surface area contributed by atoms with E-state index in [1.807, 2.05) is 0 Å². The molecule has 0 spiro atoms. The van der Waals surface area contributed by atoms with Crippen LogP contribution < -0.4 is 5.32 Å². The Morgan fingerprint density at radius 2 is 1.80 bits per heavy atom. The molecule has 2 bridgehead atoms. The summed E-state index contributed by atoms with van der Waals surface area (Å²) in [5.41, 5.74) is 0. The van der Waals surface area contributed by atoms with Gasteiger partial charge < -0.3 is 10.2 Å². The summed E-state index contributed by atoms with van der Waals surface area (Å²) in [6.45, 7) is 1.07. The van der Waals surface area contributed by atoms with Crippen molar-refractivity contribution in [1.29, 1.82) is 0 Å². The number of amides is 1. The summed E-state index contributed by atoms with van der Waals surface area (Å²) >= 11 is 0. The number of fused-ring (bicyclic) bond motifs is 2. The van der Waals surface area contributed by atoms with Crippen molar-refractivity contribution in [2.24, 2.45) is 11.8 Å². The van der Waals surface area contributed by atoms with E-state index < -0.39 is 0 Å². The monoisotopic (exact) mass is 276 g/mol. The Morgan fingerprint density at radius 1 is 1.00 bits per heavy atom. The van der Waals surface area contributed by atoms with Crippen LogP contribution in [-0.2, 0) is 4.79 Å². The van der Waals surface area contributed by atoms with Crippen molar-refractivity contribution in [2.75, 3.05) is 6.54 Å². The molecule has 3 heteroatoms. The topological polar surface area (TPSA) is 32.3 Å². The van der Waals surface area contributed by atoms with Crippen molar-refractivity contribution in [3.05, 3.63) is 0 Å². The molecule has 2 saturated carbocycles. The molecule has 2 heterocycles. The predicted octanol–water partition coefficient (Wildman–Crippen LogP) is 2.70.